The molecule has 3 fully saturated rings. The van der Waals surface area contributed by atoms with Crippen molar-refractivity contribution in [1.82, 2.24) is 4.90 Å². The Morgan fingerprint density at radius 2 is 2.06 bits per heavy atom. The van der Waals surface area contributed by atoms with Gasteiger partial charge in [0, 0.05) is 24.7 Å². The second-order valence-corrected chi connectivity index (χ2v) is 6.40. The van der Waals surface area contributed by atoms with Crippen LogP contribution in [0.3, 0.4) is 0 Å². The lowest BCUT2D eigenvalue weighted by atomic mass is 9.66. The summed E-state index contributed by atoms with van der Waals surface area (Å²) >= 11 is 0. The molecule has 0 radical (unpaired) electrons. The molecule has 0 aromatic rings. The molecule has 3 aliphatic rings. The van der Waals surface area contributed by atoms with Crippen LogP contribution >= 0.6 is 0 Å². The first kappa shape index (κ1) is 11.9. The molecule has 0 spiro atoms. The lowest BCUT2D eigenvalue weighted by Gasteiger charge is -2.59. The highest BCUT2D eigenvalue weighted by molar-refractivity contribution is 5.06. The van der Waals surface area contributed by atoms with E-state index in [1.807, 2.05) is 0 Å². The molecule has 1 aliphatic heterocycles. The predicted octanol–water partition coefficient (Wildman–Crippen LogP) is 1.76. The number of hydrogen-bond donors (Lipinski definition) is 1. The first-order valence-corrected chi connectivity index (χ1v) is 7.33. The molecule has 3 rings (SSSR count). The number of nitrogens with zero attached hydrogens (tertiary/aromatic N) is 1. The highest BCUT2D eigenvalue weighted by Gasteiger charge is 2.50. The highest BCUT2D eigenvalue weighted by Crippen LogP contribution is 2.45. The summed E-state index contributed by atoms with van der Waals surface area (Å²) in [6.45, 7) is 5.20. The van der Waals surface area contributed by atoms with Crippen molar-refractivity contribution < 1.29 is 4.74 Å². The zero-order valence-corrected chi connectivity index (χ0v) is 11.0. The number of nitrogens with two attached hydrogens (primary N) is 1. The molecule has 0 bridgehead atoms. The first-order chi connectivity index (χ1) is 8.25. The average molecular weight is 238 g/mol. The van der Waals surface area contributed by atoms with Crippen LogP contribution in [0.15, 0.2) is 0 Å². The van der Waals surface area contributed by atoms with Gasteiger partial charge in [-0.3, -0.25) is 4.90 Å². The topological polar surface area (TPSA) is 38.5 Å². The molecule has 1 saturated heterocycles. The van der Waals surface area contributed by atoms with Gasteiger partial charge in [0.1, 0.15) is 0 Å². The lowest BCUT2D eigenvalue weighted by molar-refractivity contribution is -0.151. The smallest absolute Gasteiger partial charge is 0.0731 e. The molecule has 2 aliphatic carbocycles. The fourth-order valence-corrected chi connectivity index (χ4v) is 4.44. The third kappa shape index (κ3) is 1.92. The lowest BCUT2D eigenvalue weighted by Crippen LogP contribution is -2.68. The maximum Gasteiger partial charge on any atom is 0.0731 e. The fourth-order valence-electron chi connectivity index (χ4n) is 4.44. The van der Waals surface area contributed by atoms with Gasteiger partial charge in [-0.05, 0) is 31.6 Å². The van der Waals surface area contributed by atoms with Crippen LogP contribution < -0.4 is 5.73 Å². The van der Waals surface area contributed by atoms with Gasteiger partial charge in [0.05, 0.1) is 12.7 Å². The number of hydrogen-bond acceptors (Lipinski definition) is 3. The molecular weight excluding hydrogens is 212 g/mol. The van der Waals surface area contributed by atoms with Crippen LogP contribution in [-0.2, 0) is 4.74 Å². The summed E-state index contributed by atoms with van der Waals surface area (Å²) < 4.78 is 5.96. The Hall–Kier alpha value is -0.120. The second kappa shape index (κ2) is 4.52. The molecule has 2 atom stereocenters. The summed E-state index contributed by atoms with van der Waals surface area (Å²) in [7, 11) is 0. The van der Waals surface area contributed by atoms with E-state index in [0.717, 1.165) is 25.6 Å². The molecule has 0 aromatic heterocycles. The van der Waals surface area contributed by atoms with Crippen LogP contribution in [0.5, 0.6) is 0 Å². The molecule has 1 heterocycles. The zero-order valence-electron chi connectivity index (χ0n) is 11.0. The molecule has 2 saturated carbocycles. The Kier molecular flexibility index (Phi) is 3.18. The predicted molar refractivity (Wildman–Crippen MR) is 68.9 cm³/mol. The minimum atomic E-state index is 0.323. The first-order valence-electron chi connectivity index (χ1n) is 7.33. The van der Waals surface area contributed by atoms with Gasteiger partial charge in [-0.1, -0.05) is 19.8 Å². The van der Waals surface area contributed by atoms with E-state index < -0.39 is 0 Å². The molecular formula is C14H26N2O. The third-order valence-corrected chi connectivity index (χ3v) is 5.18. The van der Waals surface area contributed by atoms with E-state index >= 15 is 0 Å². The SMILES string of the molecule is CC1CC(CN)(N2CCOC3CCCCC32)C1. The normalized spacial score (nSPS) is 47.3. The summed E-state index contributed by atoms with van der Waals surface area (Å²) in [6.07, 6.45) is 8.40. The highest BCUT2D eigenvalue weighted by atomic mass is 16.5. The number of ether oxygens (including phenoxy) is 1. The van der Waals surface area contributed by atoms with Gasteiger partial charge in [0.15, 0.2) is 0 Å². The van der Waals surface area contributed by atoms with Crippen molar-refractivity contribution in [2.24, 2.45) is 11.7 Å². The second-order valence-electron chi connectivity index (χ2n) is 6.40. The van der Waals surface area contributed by atoms with E-state index in [1.54, 1.807) is 0 Å². The van der Waals surface area contributed by atoms with Crippen molar-refractivity contribution in [3.8, 4) is 0 Å². The summed E-state index contributed by atoms with van der Waals surface area (Å²) in [5.74, 6) is 0.864. The summed E-state index contributed by atoms with van der Waals surface area (Å²) in [5, 5.41) is 0. The Labute approximate surface area is 105 Å². The van der Waals surface area contributed by atoms with Crippen molar-refractivity contribution >= 4 is 0 Å². The minimum absolute atomic E-state index is 0.323. The molecule has 2 unspecified atom stereocenters. The number of rotatable bonds is 2. The van der Waals surface area contributed by atoms with Gasteiger partial charge in [-0.25, -0.2) is 0 Å². The van der Waals surface area contributed by atoms with Crippen molar-refractivity contribution in [2.75, 3.05) is 19.7 Å². The maximum absolute atomic E-state index is 6.10. The fraction of sp³-hybridized carbons (Fsp3) is 1.00. The third-order valence-electron chi connectivity index (χ3n) is 5.18. The Balaban J connectivity index is 1.76. The Morgan fingerprint density at radius 1 is 1.29 bits per heavy atom. The van der Waals surface area contributed by atoms with E-state index in [0.29, 0.717) is 17.7 Å². The molecule has 0 aromatic carbocycles. The van der Waals surface area contributed by atoms with Crippen LogP contribution in [0, 0.1) is 5.92 Å². The average Bonchev–Trinajstić information content (AvgIpc) is 2.34. The van der Waals surface area contributed by atoms with Gasteiger partial charge >= 0.3 is 0 Å². The van der Waals surface area contributed by atoms with Crippen LogP contribution in [0.2, 0.25) is 0 Å². The number of fused-ring (bicyclic) bond motifs is 1. The van der Waals surface area contributed by atoms with Crippen LogP contribution in [-0.4, -0.2) is 42.3 Å². The van der Waals surface area contributed by atoms with E-state index in [9.17, 15) is 0 Å². The monoisotopic (exact) mass is 238 g/mol. The van der Waals surface area contributed by atoms with Gasteiger partial charge in [0.25, 0.3) is 0 Å². The maximum atomic E-state index is 6.10. The Bertz CT molecular complexity index is 273. The van der Waals surface area contributed by atoms with E-state index in [-0.39, 0.29) is 0 Å². The molecule has 0 amide bonds. The minimum Gasteiger partial charge on any atom is -0.375 e. The van der Waals surface area contributed by atoms with E-state index in [2.05, 4.69) is 11.8 Å². The van der Waals surface area contributed by atoms with Gasteiger partial charge in [0.2, 0.25) is 0 Å². The zero-order chi connectivity index (χ0) is 11.9. The molecule has 3 heteroatoms. The number of morpholine rings is 1. The Morgan fingerprint density at radius 3 is 2.76 bits per heavy atom. The largest absolute Gasteiger partial charge is 0.375 e. The van der Waals surface area contributed by atoms with Crippen LogP contribution in [0.4, 0.5) is 0 Å². The molecule has 2 N–H and O–H groups in total. The standard InChI is InChI=1S/C14H26N2O/c1-11-8-14(9-11,10-15)16-6-7-17-13-5-3-2-4-12(13)16/h11-13H,2-10,15H2,1H3. The molecule has 17 heavy (non-hydrogen) atoms. The van der Waals surface area contributed by atoms with Gasteiger partial charge in [-0.15, -0.1) is 0 Å². The quantitative estimate of drug-likeness (QED) is 0.796. The van der Waals surface area contributed by atoms with E-state index in [4.69, 9.17) is 10.5 Å². The van der Waals surface area contributed by atoms with Crippen molar-refractivity contribution in [3.05, 3.63) is 0 Å². The van der Waals surface area contributed by atoms with Crippen LogP contribution in [0.25, 0.3) is 0 Å². The van der Waals surface area contributed by atoms with Gasteiger partial charge in [-0.2, -0.15) is 0 Å². The molecule has 3 nitrogen and oxygen atoms in total. The van der Waals surface area contributed by atoms with E-state index in [1.165, 1.54) is 38.5 Å². The van der Waals surface area contributed by atoms with Crippen molar-refractivity contribution in [2.45, 2.75) is 63.1 Å². The van der Waals surface area contributed by atoms with Crippen molar-refractivity contribution in [3.63, 3.8) is 0 Å². The summed E-state index contributed by atoms with van der Waals surface area (Å²) in [5.41, 5.74) is 6.42. The van der Waals surface area contributed by atoms with Gasteiger partial charge < -0.3 is 10.5 Å². The molecule has 98 valence electrons. The summed E-state index contributed by atoms with van der Waals surface area (Å²) in [4.78, 5) is 2.74. The summed E-state index contributed by atoms with van der Waals surface area (Å²) in [6, 6.07) is 0.661. The van der Waals surface area contributed by atoms with Crippen LogP contribution in [0.1, 0.15) is 45.4 Å². The van der Waals surface area contributed by atoms with Crippen molar-refractivity contribution in [1.29, 1.82) is 0 Å².